The van der Waals surface area contributed by atoms with Gasteiger partial charge in [-0.05, 0) is 23.8 Å². The third kappa shape index (κ3) is 3.87. The smallest absolute Gasteiger partial charge is 0.259 e. The first-order valence-corrected chi connectivity index (χ1v) is 11.9. The summed E-state index contributed by atoms with van der Waals surface area (Å²) in [5.74, 6) is 0.0887. The number of aliphatic hydroxyl groups is 1. The van der Waals surface area contributed by atoms with Gasteiger partial charge in [0, 0.05) is 54.1 Å². The molecule has 0 unspecified atom stereocenters. The zero-order valence-corrected chi connectivity index (χ0v) is 20.6. The summed E-state index contributed by atoms with van der Waals surface area (Å²) in [4.78, 5) is 26.1. The van der Waals surface area contributed by atoms with Crippen molar-refractivity contribution in [2.24, 2.45) is 0 Å². The number of hydrogen-bond donors (Lipinski definition) is 2. The second-order valence-corrected chi connectivity index (χ2v) is 8.83. The second-order valence-electron chi connectivity index (χ2n) is 8.42. The van der Waals surface area contributed by atoms with Crippen molar-refractivity contribution in [1.82, 2.24) is 9.88 Å². The topological polar surface area (TPSA) is 99.0 Å². The van der Waals surface area contributed by atoms with Crippen LogP contribution in [-0.4, -0.2) is 55.5 Å². The van der Waals surface area contributed by atoms with Gasteiger partial charge in [-0.15, -0.1) is 0 Å². The lowest BCUT2D eigenvalue weighted by molar-refractivity contribution is 0.0880. The van der Waals surface area contributed by atoms with Crippen LogP contribution >= 0.6 is 11.6 Å². The molecule has 0 saturated carbocycles. The second kappa shape index (κ2) is 9.81. The quantitative estimate of drug-likeness (QED) is 0.256. The van der Waals surface area contributed by atoms with Gasteiger partial charge in [-0.3, -0.25) is 14.9 Å². The van der Waals surface area contributed by atoms with Crippen molar-refractivity contribution >= 4 is 45.2 Å². The number of imide groups is 1. The number of halogens is 1. The molecule has 3 aromatic carbocycles. The van der Waals surface area contributed by atoms with Gasteiger partial charge < -0.3 is 23.9 Å². The average molecular weight is 509 g/mol. The highest BCUT2D eigenvalue weighted by Gasteiger charge is 2.35. The Kier molecular flexibility index (Phi) is 6.57. The van der Waals surface area contributed by atoms with E-state index in [-0.39, 0.29) is 6.61 Å². The first kappa shape index (κ1) is 24.1. The van der Waals surface area contributed by atoms with Gasteiger partial charge in [-0.25, -0.2) is 0 Å². The first-order chi connectivity index (χ1) is 17.5. The third-order valence-corrected chi connectivity index (χ3v) is 6.69. The van der Waals surface area contributed by atoms with Crippen LogP contribution in [0.1, 0.15) is 27.1 Å². The van der Waals surface area contributed by atoms with E-state index < -0.39 is 11.8 Å². The molecule has 0 fully saturated rings. The number of aromatic nitrogens is 1. The largest absolute Gasteiger partial charge is 0.493 e. The normalized spacial score (nSPS) is 12.9. The molecule has 36 heavy (non-hydrogen) atoms. The van der Waals surface area contributed by atoms with Crippen LogP contribution in [0.3, 0.4) is 0 Å². The molecule has 0 radical (unpaired) electrons. The molecule has 5 rings (SSSR count). The van der Waals surface area contributed by atoms with Gasteiger partial charge in [0.1, 0.15) is 0 Å². The van der Waals surface area contributed by atoms with E-state index in [1.807, 2.05) is 41.0 Å². The van der Waals surface area contributed by atoms with Gasteiger partial charge in [0.05, 0.1) is 42.5 Å². The van der Waals surface area contributed by atoms with Crippen molar-refractivity contribution in [2.45, 2.75) is 13.0 Å². The number of rotatable bonds is 9. The highest BCUT2D eigenvalue weighted by molar-refractivity contribution is 6.36. The van der Waals surface area contributed by atoms with Crippen molar-refractivity contribution < 1.29 is 28.9 Å². The maximum absolute atomic E-state index is 13.1. The Bertz CT molecular complexity index is 1510. The average Bonchev–Trinajstić information content (AvgIpc) is 3.34. The molecule has 9 heteroatoms. The molecule has 2 heterocycles. The lowest BCUT2D eigenvalue weighted by Gasteiger charge is -2.13. The zero-order valence-electron chi connectivity index (χ0n) is 19.9. The van der Waals surface area contributed by atoms with Crippen LogP contribution in [0.25, 0.3) is 32.9 Å². The summed E-state index contributed by atoms with van der Waals surface area (Å²) in [5, 5.41) is 13.5. The molecule has 0 atom stereocenters. The van der Waals surface area contributed by atoms with Crippen LogP contribution in [0.2, 0.25) is 5.02 Å². The number of amides is 2. The van der Waals surface area contributed by atoms with Gasteiger partial charge in [0.15, 0.2) is 11.5 Å². The van der Waals surface area contributed by atoms with E-state index >= 15 is 0 Å². The van der Waals surface area contributed by atoms with E-state index in [4.69, 9.17) is 30.9 Å². The SMILES string of the molecule is COCCn1c2cc(OCCCO)c(OC)cc2c2c3c(c(-c4ccccc4Cl)cc21)C(=O)NC3=O. The fourth-order valence-corrected chi connectivity index (χ4v) is 5.02. The van der Waals surface area contributed by atoms with Gasteiger partial charge in [-0.1, -0.05) is 29.8 Å². The summed E-state index contributed by atoms with van der Waals surface area (Å²) in [5.41, 5.74) is 3.41. The number of methoxy groups -OCH3 is 2. The number of carbonyl (C=O) groups excluding carboxylic acids is 2. The predicted molar refractivity (Wildman–Crippen MR) is 137 cm³/mol. The molecule has 1 aliphatic rings. The molecular weight excluding hydrogens is 484 g/mol. The minimum absolute atomic E-state index is 0.0127. The molecule has 186 valence electrons. The molecule has 1 aliphatic heterocycles. The highest BCUT2D eigenvalue weighted by atomic mass is 35.5. The Hall–Kier alpha value is -3.59. The number of nitrogens with zero attached hydrogens (tertiary/aromatic N) is 1. The van der Waals surface area contributed by atoms with Crippen LogP contribution in [0.15, 0.2) is 42.5 Å². The van der Waals surface area contributed by atoms with E-state index in [1.165, 1.54) is 0 Å². The van der Waals surface area contributed by atoms with Gasteiger partial charge in [0.2, 0.25) is 0 Å². The number of aliphatic hydroxyl groups excluding tert-OH is 1. The molecule has 4 aromatic rings. The third-order valence-electron chi connectivity index (χ3n) is 6.36. The van der Waals surface area contributed by atoms with Crippen LogP contribution in [0.4, 0.5) is 0 Å². The summed E-state index contributed by atoms with van der Waals surface area (Å²) in [6, 6.07) is 12.8. The Balaban J connectivity index is 1.89. The monoisotopic (exact) mass is 508 g/mol. The Morgan fingerprint density at radius 1 is 0.944 bits per heavy atom. The maximum atomic E-state index is 13.1. The van der Waals surface area contributed by atoms with Crippen molar-refractivity contribution in [3.63, 3.8) is 0 Å². The van der Waals surface area contributed by atoms with Crippen molar-refractivity contribution in [3.05, 3.63) is 58.6 Å². The zero-order chi connectivity index (χ0) is 25.4. The number of fused-ring (bicyclic) bond motifs is 5. The molecular formula is C27H25ClN2O6. The minimum Gasteiger partial charge on any atom is -0.493 e. The number of carbonyl (C=O) groups is 2. The fraction of sp³-hybridized carbons (Fsp3) is 0.259. The van der Waals surface area contributed by atoms with Crippen LogP contribution in [0.5, 0.6) is 11.5 Å². The fourth-order valence-electron chi connectivity index (χ4n) is 4.78. The number of ether oxygens (including phenoxy) is 3. The highest BCUT2D eigenvalue weighted by Crippen LogP contribution is 2.44. The van der Waals surface area contributed by atoms with Crippen LogP contribution < -0.4 is 14.8 Å². The molecule has 0 spiro atoms. The van der Waals surface area contributed by atoms with Gasteiger partial charge >= 0.3 is 0 Å². The summed E-state index contributed by atoms with van der Waals surface area (Å²) in [6.07, 6.45) is 0.477. The lowest BCUT2D eigenvalue weighted by atomic mass is 9.93. The molecule has 2 N–H and O–H groups in total. The molecule has 1 aromatic heterocycles. The minimum atomic E-state index is -0.458. The van der Waals surface area contributed by atoms with Crippen LogP contribution in [0, 0.1) is 0 Å². The predicted octanol–water partition coefficient (Wildman–Crippen LogP) is 4.41. The van der Waals surface area contributed by atoms with E-state index in [1.54, 1.807) is 20.3 Å². The van der Waals surface area contributed by atoms with E-state index in [9.17, 15) is 9.59 Å². The number of benzene rings is 3. The van der Waals surface area contributed by atoms with E-state index in [0.29, 0.717) is 70.3 Å². The summed E-state index contributed by atoms with van der Waals surface area (Å²) in [7, 11) is 3.17. The molecule has 2 amide bonds. The molecule has 8 nitrogen and oxygen atoms in total. The van der Waals surface area contributed by atoms with Gasteiger partial charge in [-0.2, -0.15) is 0 Å². The summed E-state index contributed by atoms with van der Waals surface area (Å²) < 4.78 is 18.9. The van der Waals surface area contributed by atoms with Crippen LogP contribution in [-0.2, 0) is 11.3 Å². The number of nitrogens with one attached hydrogen (secondary N) is 1. The van der Waals surface area contributed by atoms with Crippen molar-refractivity contribution in [1.29, 1.82) is 0 Å². The molecule has 0 saturated heterocycles. The van der Waals surface area contributed by atoms with Gasteiger partial charge in [0.25, 0.3) is 11.8 Å². The Morgan fingerprint density at radius 2 is 1.72 bits per heavy atom. The van der Waals surface area contributed by atoms with E-state index in [0.717, 1.165) is 16.4 Å². The first-order valence-electron chi connectivity index (χ1n) is 11.5. The number of hydrogen-bond acceptors (Lipinski definition) is 6. The Morgan fingerprint density at radius 3 is 2.44 bits per heavy atom. The summed E-state index contributed by atoms with van der Waals surface area (Å²) >= 11 is 6.52. The lowest BCUT2D eigenvalue weighted by Crippen LogP contribution is -2.20. The van der Waals surface area contributed by atoms with Crippen molar-refractivity contribution in [3.8, 4) is 22.6 Å². The molecule has 0 aliphatic carbocycles. The summed E-state index contributed by atoms with van der Waals surface area (Å²) in [6.45, 7) is 1.25. The maximum Gasteiger partial charge on any atom is 0.259 e. The molecule has 0 bridgehead atoms. The Labute approximate surface area is 212 Å². The van der Waals surface area contributed by atoms with Crippen molar-refractivity contribution in [2.75, 3.05) is 34.0 Å². The standard InChI is InChI=1S/C27H25ClN2O6/c1-34-11-8-30-19-14-22(36-10-5-9-31)21(35-2)13-17(19)23-20(30)12-16(15-6-3-4-7-18(15)28)24-25(23)27(33)29-26(24)32/h3-4,6-7,12-14,31H,5,8-11H2,1-2H3,(H,29,32,33). The van der Waals surface area contributed by atoms with E-state index in [2.05, 4.69) is 5.32 Å².